The van der Waals surface area contributed by atoms with Gasteiger partial charge in [-0.25, -0.2) is 0 Å². The van der Waals surface area contributed by atoms with E-state index < -0.39 is 0 Å². The van der Waals surface area contributed by atoms with E-state index in [2.05, 4.69) is 33.0 Å². The fourth-order valence-electron chi connectivity index (χ4n) is 1.71. The molecule has 0 saturated heterocycles. The lowest BCUT2D eigenvalue weighted by Crippen LogP contribution is -2.28. The summed E-state index contributed by atoms with van der Waals surface area (Å²) < 4.78 is 0. The van der Waals surface area contributed by atoms with Gasteiger partial charge < -0.3 is 10.4 Å². The minimum absolute atomic E-state index is 0.354. The van der Waals surface area contributed by atoms with E-state index in [0.717, 1.165) is 25.9 Å². The molecule has 92 valence electrons. The van der Waals surface area contributed by atoms with Gasteiger partial charge in [-0.3, -0.25) is 0 Å². The van der Waals surface area contributed by atoms with Crippen LogP contribution in [-0.2, 0) is 0 Å². The van der Waals surface area contributed by atoms with Gasteiger partial charge in [0.2, 0.25) is 0 Å². The van der Waals surface area contributed by atoms with E-state index >= 15 is 0 Å². The van der Waals surface area contributed by atoms with Gasteiger partial charge in [-0.1, -0.05) is 34.1 Å². The average molecular weight is 215 g/mol. The molecule has 0 radical (unpaired) electrons. The average Bonchev–Trinajstić information content (AvgIpc) is 2.14. The highest BCUT2D eigenvalue weighted by Gasteiger charge is 2.09. The molecule has 0 rings (SSSR count). The first kappa shape index (κ1) is 14.9. The van der Waals surface area contributed by atoms with Crippen LogP contribution in [0.25, 0.3) is 0 Å². The van der Waals surface area contributed by atoms with Crippen molar-refractivity contribution in [2.45, 2.75) is 53.4 Å². The zero-order chi connectivity index (χ0) is 11.7. The van der Waals surface area contributed by atoms with Crippen LogP contribution >= 0.6 is 0 Å². The predicted molar refractivity (Wildman–Crippen MR) is 67.0 cm³/mol. The fraction of sp³-hybridized carbons (Fsp3) is 1.00. The Hall–Kier alpha value is -0.0800. The second-order valence-electron chi connectivity index (χ2n) is 5.72. The third kappa shape index (κ3) is 10.2. The van der Waals surface area contributed by atoms with E-state index in [1.165, 1.54) is 12.8 Å². The quantitative estimate of drug-likeness (QED) is 0.610. The third-order valence-corrected chi connectivity index (χ3v) is 2.58. The van der Waals surface area contributed by atoms with Gasteiger partial charge in [0, 0.05) is 6.61 Å². The highest BCUT2D eigenvalue weighted by molar-refractivity contribution is 4.65. The van der Waals surface area contributed by atoms with E-state index in [1.54, 1.807) is 0 Å². The standard InChI is InChI=1S/C13H29NO/c1-5-7-12(10-15)8-6-9-14-11-13(2,3)4/h12,14-15H,5-11H2,1-4H3/t12-/m1/s1. The smallest absolute Gasteiger partial charge is 0.0459 e. The molecule has 15 heavy (non-hydrogen) atoms. The molecular weight excluding hydrogens is 186 g/mol. The summed E-state index contributed by atoms with van der Waals surface area (Å²) in [5.41, 5.74) is 0.375. The molecule has 0 aliphatic rings. The minimum Gasteiger partial charge on any atom is -0.396 e. The molecule has 0 aliphatic heterocycles. The summed E-state index contributed by atoms with van der Waals surface area (Å²) in [7, 11) is 0. The van der Waals surface area contributed by atoms with Crippen LogP contribution in [0.1, 0.15) is 53.4 Å². The summed E-state index contributed by atoms with van der Waals surface area (Å²) in [4.78, 5) is 0. The molecule has 0 aromatic heterocycles. The molecule has 0 amide bonds. The van der Waals surface area contributed by atoms with Crippen LogP contribution < -0.4 is 5.32 Å². The summed E-state index contributed by atoms with van der Waals surface area (Å²) in [5.74, 6) is 0.520. The molecule has 0 aliphatic carbocycles. The van der Waals surface area contributed by atoms with E-state index in [0.29, 0.717) is 17.9 Å². The van der Waals surface area contributed by atoms with Gasteiger partial charge in [-0.15, -0.1) is 0 Å². The van der Waals surface area contributed by atoms with Crippen molar-refractivity contribution >= 4 is 0 Å². The van der Waals surface area contributed by atoms with Crippen molar-refractivity contribution in [2.75, 3.05) is 19.7 Å². The van der Waals surface area contributed by atoms with Gasteiger partial charge in [-0.2, -0.15) is 0 Å². The Morgan fingerprint density at radius 1 is 1.20 bits per heavy atom. The van der Waals surface area contributed by atoms with E-state index in [9.17, 15) is 0 Å². The van der Waals surface area contributed by atoms with Gasteiger partial charge in [0.25, 0.3) is 0 Å². The van der Waals surface area contributed by atoms with Crippen LogP contribution in [0.5, 0.6) is 0 Å². The first-order valence-electron chi connectivity index (χ1n) is 6.31. The Bertz CT molecular complexity index is 140. The Kier molecular flexibility index (Phi) is 8.07. The third-order valence-electron chi connectivity index (χ3n) is 2.58. The van der Waals surface area contributed by atoms with Crippen LogP contribution in [-0.4, -0.2) is 24.8 Å². The Morgan fingerprint density at radius 3 is 2.33 bits per heavy atom. The molecule has 1 atom stereocenters. The topological polar surface area (TPSA) is 32.3 Å². The summed E-state index contributed by atoms with van der Waals surface area (Å²) in [5, 5.41) is 12.6. The number of hydrogen-bond acceptors (Lipinski definition) is 2. The number of hydrogen-bond donors (Lipinski definition) is 2. The molecule has 2 heteroatoms. The maximum atomic E-state index is 9.12. The van der Waals surface area contributed by atoms with Crippen LogP contribution in [0.2, 0.25) is 0 Å². The van der Waals surface area contributed by atoms with E-state index in [4.69, 9.17) is 5.11 Å². The van der Waals surface area contributed by atoms with Gasteiger partial charge >= 0.3 is 0 Å². The zero-order valence-electron chi connectivity index (χ0n) is 11.0. The first-order chi connectivity index (χ1) is 6.99. The molecule has 2 N–H and O–H groups in total. The van der Waals surface area contributed by atoms with Crippen molar-refractivity contribution < 1.29 is 5.11 Å². The van der Waals surface area contributed by atoms with Crippen molar-refractivity contribution in [1.29, 1.82) is 0 Å². The molecule has 0 aromatic carbocycles. The normalized spacial score (nSPS) is 14.2. The second-order valence-corrected chi connectivity index (χ2v) is 5.72. The molecule has 0 bridgehead atoms. The van der Waals surface area contributed by atoms with Crippen molar-refractivity contribution in [2.24, 2.45) is 11.3 Å². The van der Waals surface area contributed by atoms with Gasteiger partial charge in [0.05, 0.1) is 0 Å². The lowest BCUT2D eigenvalue weighted by molar-refractivity contribution is 0.207. The zero-order valence-corrected chi connectivity index (χ0v) is 11.0. The van der Waals surface area contributed by atoms with Crippen molar-refractivity contribution in [3.05, 3.63) is 0 Å². The largest absolute Gasteiger partial charge is 0.396 e. The predicted octanol–water partition coefficient (Wildman–Crippen LogP) is 2.81. The monoisotopic (exact) mass is 215 g/mol. The lowest BCUT2D eigenvalue weighted by atomic mass is 9.96. The molecule has 0 saturated carbocycles. The summed E-state index contributed by atoms with van der Waals surface area (Å²) >= 11 is 0. The van der Waals surface area contributed by atoms with Crippen LogP contribution in [0.3, 0.4) is 0 Å². The van der Waals surface area contributed by atoms with Crippen LogP contribution in [0.4, 0.5) is 0 Å². The number of nitrogens with one attached hydrogen (secondary N) is 1. The summed E-state index contributed by atoms with van der Waals surface area (Å²) in [6.07, 6.45) is 4.68. The number of aliphatic hydroxyl groups is 1. The van der Waals surface area contributed by atoms with Gasteiger partial charge in [0.1, 0.15) is 0 Å². The van der Waals surface area contributed by atoms with Crippen molar-refractivity contribution in [3.8, 4) is 0 Å². The summed E-state index contributed by atoms with van der Waals surface area (Å²) in [6.45, 7) is 11.4. The highest BCUT2D eigenvalue weighted by Crippen LogP contribution is 2.13. The number of aliphatic hydroxyl groups excluding tert-OH is 1. The minimum atomic E-state index is 0.354. The van der Waals surface area contributed by atoms with Gasteiger partial charge in [-0.05, 0) is 43.7 Å². The van der Waals surface area contributed by atoms with E-state index in [-0.39, 0.29) is 0 Å². The van der Waals surface area contributed by atoms with Crippen molar-refractivity contribution in [3.63, 3.8) is 0 Å². The fourth-order valence-corrected chi connectivity index (χ4v) is 1.71. The van der Waals surface area contributed by atoms with E-state index in [1.807, 2.05) is 0 Å². The molecule has 0 spiro atoms. The molecule has 0 aromatic rings. The van der Waals surface area contributed by atoms with Crippen LogP contribution in [0.15, 0.2) is 0 Å². The lowest BCUT2D eigenvalue weighted by Gasteiger charge is -2.19. The molecule has 0 heterocycles. The Balaban J connectivity index is 3.36. The van der Waals surface area contributed by atoms with Crippen molar-refractivity contribution in [1.82, 2.24) is 5.32 Å². The summed E-state index contributed by atoms with van der Waals surface area (Å²) in [6, 6.07) is 0. The maximum Gasteiger partial charge on any atom is 0.0459 e. The SMILES string of the molecule is CCC[C@@H](CO)CCCNCC(C)(C)C. The first-order valence-corrected chi connectivity index (χ1v) is 6.31. The maximum absolute atomic E-state index is 9.12. The molecular formula is C13H29NO. The van der Waals surface area contributed by atoms with Crippen LogP contribution in [0, 0.1) is 11.3 Å². The molecule has 0 unspecified atom stereocenters. The highest BCUT2D eigenvalue weighted by atomic mass is 16.3. The Morgan fingerprint density at radius 2 is 1.87 bits per heavy atom. The second kappa shape index (κ2) is 8.12. The Labute approximate surface area is 95.5 Å². The molecule has 0 fully saturated rings. The van der Waals surface area contributed by atoms with Gasteiger partial charge in [0.15, 0.2) is 0 Å². The number of rotatable bonds is 8. The molecule has 2 nitrogen and oxygen atoms in total.